The smallest absolute Gasteiger partial charge is 0.262 e. The second-order valence-electron chi connectivity index (χ2n) is 7.24. The number of hydrogen-bond acceptors (Lipinski definition) is 9. The quantitative estimate of drug-likeness (QED) is 0.544. The van der Waals surface area contributed by atoms with Gasteiger partial charge in [-0.1, -0.05) is 0 Å². The summed E-state index contributed by atoms with van der Waals surface area (Å²) >= 11 is 0. The van der Waals surface area contributed by atoms with Gasteiger partial charge >= 0.3 is 0 Å². The van der Waals surface area contributed by atoms with E-state index in [0.717, 1.165) is 0 Å². The van der Waals surface area contributed by atoms with Crippen LogP contribution < -0.4 is 14.8 Å². The Labute approximate surface area is 184 Å². The predicted molar refractivity (Wildman–Crippen MR) is 113 cm³/mol. The zero-order valence-electron chi connectivity index (χ0n) is 17.5. The van der Waals surface area contributed by atoms with E-state index in [-0.39, 0.29) is 24.7 Å². The fraction of sp³-hybridized carbons (Fsp3) is 0.318. The SMILES string of the molecule is CCOc1cccnc1Oc1cncc(-c2ncc(C(=O)N[C@@]3(CO)CCOC3)cn2)c1. The molecule has 0 aliphatic carbocycles. The van der Waals surface area contributed by atoms with Crippen LogP contribution in [0.5, 0.6) is 17.4 Å². The van der Waals surface area contributed by atoms with Gasteiger partial charge in [-0.15, -0.1) is 0 Å². The lowest BCUT2D eigenvalue weighted by molar-refractivity contribution is 0.0789. The number of nitrogens with zero attached hydrogens (tertiary/aromatic N) is 4. The molecule has 3 aromatic heterocycles. The molecule has 0 spiro atoms. The van der Waals surface area contributed by atoms with Crippen molar-refractivity contribution < 1.29 is 24.1 Å². The molecule has 166 valence electrons. The van der Waals surface area contributed by atoms with Crippen LogP contribution in [0.15, 0.2) is 49.2 Å². The topological polar surface area (TPSA) is 129 Å². The molecule has 1 atom stereocenters. The van der Waals surface area contributed by atoms with Gasteiger partial charge in [-0.25, -0.2) is 15.0 Å². The molecule has 3 aromatic rings. The molecule has 32 heavy (non-hydrogen) atoms. The molecular formula is C22H23N5O5. The Kier molecular flexibility index (Phi) is 6.52. The Morgan fingerprint density at radius 3 is 2.81 bits per heavy atom. The van der Waals surface area contributed by atoms with Crippen LogP contribution in [0.3, 0.4) is 0 Å². The Hall–Kier alpha value is -3.63. The number of ether oxygens (including phenoxy) is 3. The number of hydrogen-bond donors (Lipinski definition) is 2. The minimum atomic E-state index is -0.767. The Bertz CT molecular complexity index is 1070. The summed E-state index contributed by atoms with van der Waals surface area (Å²) in [5, 5.41) is 12.5. The number of amides is 1. The van der Waals surface area contributed by atoms with Crippen LogP contribution >= 0.6 is 0 Å². The number of aliphatic hydroxyl groups is 1. The predicted octanol–water partition coefficient (Wildman–Crippen LogP) is 2.01. The van der Waals surface area contributed by atoms with E-state index in [2.05, 4.69) is 25.3 Å². The van der Waals surface area contributed by atoms with Crippen LogP contribution in [-0.4, -0.2) is 62.9 Å². The minimum absolute atomic E-state index is 0.197. The van der Waals surface area contributed by atoms with Gasteiger partial charge in [0.25, 0.3) is 11.8 Å². The highest BCUT2D eigenvalue weighted by Gasteiger charge is 2.36. The maximum atomic E-state index is 12.5. The maximum Gasteiger partial charge on any atom is 0.262 e. The van der Waals surface area contributed by atoms with Crippen molar-refractivity contribution in [1.29, 1.82) is 0 Å². The summed E-state index contributed by atoms with van der Waals surface area (Å²) in [6, 6.07) is 5.26. The van der Waals surface area contributed by atoms with Crippen molar-refractivity contribution >= 4 is 5.91 Å². The van der Waals surface area contributed by atoms with Gasteiger partial charge in [0.1, 0.15) is 5.75 Å². The second-order valence-corrected chi connectivity index (χ2v) is 7.24. The van der Waals surface area contributed by atoms with Crippen molar-refractivity contribution in [2.24, 2.45) is 0 Å². The van der Waals surface area contributed by atoms with E-state index in [0.29, 0.717) is 48.4 Å². The molecule has 1 saturated heterocycles. The van der Waals surface area contributed by atoms with Gasteiger partial charge in [0, 0.05) is 37.0 Å². The largest absolute Gasteiger partial charge is 0.488 e. The average Bonchev–Trinajstić information content (AvgIpc) is 3.30. The number of carbonyl (C=O) groups excluding carboxylic acids is 1. The maximum absolute atomic E-state index is 12.5. The molecule has 0 saturated carbocycles. The number of pyridine rings is 2. The number of carbonyl (C=O) groups is 1. The van der Waals surface area contributed by atoms with Crippen molar-refractivity contribution in [2.45, 2.75) is 18.9 Å². The lowest BCUT2D eigenvalue weighted by atomic mass is 9.99. The molecular weight excluding hydrogens is 414 g/mol. The van der Waals surface area contributed by atoms with Crippen LogP contribution in [0.4, 0.5) is 0 Å². The Morgan fingerprint density at radius 2 is 2.09 bits per heavy atom. The van der Waals surface area contributed by atoms with Crippen molar-refractivity contribution in [3.63, 3.8) is 0 Å². The molecule has 0 bridgehead atoms. The molecule has 0 unspecified atom stereocenters. The van der Waals surface area contributed by atoms with E-state index < -0.39 is 5.54 Å². The molecule has 0 radical (unpaired) electrons. The molecule has 4 heterocycles. The first-order chi connectivity index (χ1) is 15.6. The molecule has 1 aliphatic heterocycles. The fourth-order valence-corrected chi connectivity index (χ4v) is 3.20. The van der Waals surface area contributed by atoms with E-state index >= 15 is 0 Å². The number of aromatic nitrogens is 4. The van der Waals surface area contributed by atoms with E-state index in [1.54, 1.807) is 36.8 Å². The molecule has 1 amide bonds. The first kappa shape index (κ1) is 21.6. The van der Waals surface area contributed by atoms with Crippen molar-refractivity contribution in [2.75, 3.05) is 26.4 Å². The average molecular weight is 437 g/mol. The molecule has 1 aliphatic rings. The lowest BCUT2D eigenvalue weighted by Gasteiger charge is -2.26. The van der Waals surface area contributed by atoms with Gasteiger partial charge in [-0.3, -0.25) is 9.78 Å². The molecule has 10 nitrogen and oxygen atoms in total. The van der Waals surface area contributed by atoms with Crippen LogP contribution in [0.2, 0.25) is 0 Å². The van der Waals surface area contributed by atoms with Crippen LogP contribution in [0.25, 0.3) is 11.4 Å². The summed E-state index contributed by atoms with van der Waals surface area (Å²) in [7, 11) is 0. The summed E-state index contributed by atoms with van der Waals surface area (Å²) < 4.78 is 16.7. The van der Waals surface area contributed by atoms with Crippen molar-refractivity contribution in [3.8, 4) is 28.8 Å². The third-order valence-corrected chi connectivity index (χ3v) is 4.92. The standard InChI is InChI=1S/C22H23N5O5/c1-2-31-18-4-3-6-24-21(18)32-17-8-15(9-23-12-17)19-25-10-16(11-26-19)20(29)27-22(13-28)5-7-30-14-22/h3-4,6,8-12,28H,2,5,7,13-14H2,1H3,(H,27,29)/t22-/m1/s1. The fourth-order valence-electron chi connectivity index (χ4n) is 3.20. The van der Waals surface area contributed by atoms with Crippen LogP contribution in [0, 0.1) is 0 Å². The number of aliphatic hydroxyl groups excluding tert-OH is 1. The first-order valence-corrected chi connectivity index (χ1v) is 10.2. The van der Waals surface area contributed by atoms with E-state index in [9.17, 15) is 9.90 Å². The monoisotopic (exact) mass is 437 g/mol. The normalized spacial score (nSPS) is 17.7. The van der Waals surface area contributed by atoms with E-state index in [1.165, 1.54) is 12.4 Å². The highest BCUT2D eigenvalue weighted by atomic mass is 16.5. The second kappa shape index (κ2) is 9.67. The number of rotatable bonds is 8. The first-order valence-electron chi connectivity index (χ1n) is 10.2. The molecule has 4 rings (SSSR count). The van der Waals surface area contributed by atoms with Gasteiger partial charge in [0.05, 0.1) is 37.1 Å². The van der Waals surface area contributed by atoms with Gasteiger partial charge < -0.3 is 24.6 Å². The van der Waals surface area contributed by atoms with Gasteiger partial charge in [0.15, 0.2) is 11.6 Å². The summed E-state index contributed by atoms with van der Waals surface area (Å²) in [5.74, 6) is 1.31. The minimum Gasteiger partial charge on any atom is -0.488 e. The zero-order chi connectivity index (χ0) is 22.4. The lowest BCUT2D eigenvalue weighted by Crippen LogP contribution is -2.52. The van der Waals surface area contributed by atoms with Gasteiger partial charge in [-0.2, -0.15) is 0 Å². The van der Waals surface area contributed by atoms with Crippen LogP contribution in [0.1, 0.15) is 23.7 Å². The molecule has 2 N–H and O–H groups in total. The zero-order valence-corrected chi connectivity index (χ0v) is 17.5. The van der Waals surface area contributed by atoms with Crippen LogP contribution in [-0.2, 0) is 4.74 Å². The van der Waals surface area contributed by atoms with Crippen molar-refractivity contribution in [3.05, 3.63) is 54.7 Å². The number of nitrogens with one attached hydrogen (secondary N) is 1. The molecule has 0 aromatic carbocycles. The Morgan fingerprint density at radius 1 is 1.25 bits per heavy atom. The molecule has 10 heteroatoms. The summed E-state index contributed by atoms with van der Waals surface area (Å²) in [5.41, 5.74) is 0.125. The molecule has 1 fully saturated rings. The Balaban J connectivity index is 1.48. The van der Waals surface area contributed by atoms with Crippen molar-refractivity contribution in [1.82, 2.24) is 25.3 Å². The summed E-state index contributed by atoms with van der Waals surface area (Å²) in [6.07, 6.45) is 8.17. The van der Waals surface area contributed by atoms with Gasteiger partial charge in [-0.05, 0) is 31.5 Å². The highest BCUT2D eigenvalue weighted by Crippen LogP contribution is 2.30. The highest BCUT2D eigenvalue weighted by molar-refractivity contribution is 5.94. The third-order valence-electron chi connectivity index (χ3n) is 4.92. The van der Waals surface area contributed by atoms with Gasteiger partial charge in [0.2, 0.25) is 0 Å². The summed E-state index contributed by atoms with van der Waals surface area (Å²) in [4.78, 5) is 29.5. The summed E-state index contributed by atoms with van der Waals surface area (Å²) in [6.45, 7) is 2.93. The third kappa shape index (κ3) is 4.82. The van der Waals surface area contributed by atoms with E-state index in [4.69, 9.17) is 14.2 Å². The van der Waals surface area contributed by atoms with E-state index in [1.807, 2.05) is 6.92 Å².